The van der Waals surface area contributed by atoms with Crippen molar-refractivity contribution >= 4 is 0 Å². The molecule has 0 amide bonds. The summed E-state index contributed by atoms with van der Waals surface area (Å²) in [6.45, 7) is 1.97. The minimum Gasteiger partial charge on any atom is -0.490 e. The first-order chi connectivity index (χ1) is 19.4. The van der Waals surface area contributed by atoms with E-state index in [0.717, 1.165) is 75.0 Å². The smallest absolute Gasteiger partial charge is 0.203 e. The molecule has 39 heavy (non-hydrogen) atoms. The highest BCUT2D eigenvalue weighted by molar-refractivity contribution is 5.51. The molecule has 3 nitrogen and oxygen atoms in total. The first kappa shape index (κ1) is 28.3. The van der Waals surface area contributed by atoms with Gasteiger partial charge in [-0.15, -0.1) is 0 Å². The fourth-order valence-electron chi connectivity index (χ4n) is 4.63. The molecule has 0 aliphatic heterocycles. The number of hydrogen-bond donors (Lipinski definition) is 0. The Bertz CT molecular complexity index is 1110. The lowest BCUT2D eigenvalue weighted by Crippen LogP contribution is -2.06. The molecule has 0 radical (unpaired) electrons. The Balaban J connectivity index is 1.26. The van der Waals surface area contributed by atoms with Crippen molar-refractivity contribution in [2.75, 3.05) is 19.8 Å². The maximum absolute atomic E-state index is 6.31. The average molecular weight is 523 g/mol. The lowest BCUT2D eigenvalue weighted by atomic mass is 10.1. The second kappa shape index (κ2) is 17.0. The molecule has 0 atom stereocenters. The molecule has 204 valence electrons. The third-order valence-electron chi connectivity index (χ3n) is 6.81. The van der Waals surface area contributed by atoms with Crippen LogP contribution in [-0.2, 0) is 19.3 Å². The monoisotopic (exact) mass is 522 g/mol. The van der Waals surface area contributed by atoms with Crippen LogP contribution in [0.15, 0.2) is 109 Å². The van der Waals surface area contributed by atoms with Crippen LogP contribution in [0.3, 0.4) is 0 Å². The molecule has 0 saturated carbocycles. The Hall–Kier alpha value is -3.72. The Kier molecular flexibility index (Phi) is 12.3. The maximum Gasteiger partial charge on any atom is 0.203 e. The Labute approximate surface area is 234 Å². The van der Waals surface area contributed by atoms with Crippen LogP contribution in [0.2, 0.25) is 0 Å². The van der Waals surface area contributed by atoms with Crippen LogP contribution < -0.4 is 14.2 Å². The molecule has 0 bridgehead atoms. The van der Waals surface area contributed by atoms with Gasteiger partial charge in [0.15, 0.2) is 11.5 Å². The average Bonchev–Trinajstić information content (AvgIpc) is 2.99. The van der Waals surface area contributed by atoms with Gasteiger partial charge in [-0.2, -0.15) is 0 Å². The highest BCUT2D eigenvalue weighted by Gasteiger charge is 2.13. The SMILES string of the molecule is c1ccc(CCCCOc2cccc(OCCCCc3ccccc3)c2OCCCCc2ccccc2)cc1. The summed E-state index contributed by atoms with van der Waals surface area (Å²) in [7, 11) is 0. The van der Waals surface area contributed by atoms with Crippen LogP contribution in [0.5, 0.6) is 17.2 Å². The minimum atomic E-state index is 0.644. The molecule has 0 aliphatic rings. The van der Waals surface area contributed by atoms with E-state index >= 15 is 0 Å². The number of ether oxygens (including phenoxy) is 3. The zero-order valence-electron chi connectivity index (χ0n) is 23.1. The van der Waals surface area contributed by atoms with E-state index in [0.29, 0.717) is 19.8 Å². The lowest BCUT2D eigenvalue weighted by Gasteiger charge is -2.17. The van der Waals surface area contributed by atoms with E-state index in [9.17, 15) is 0 Å². The molecule has 0 spiro atoms. The van der Waals surface area contributed by atoms with Gasteiger partial charge in [0.05, 0.1) is 19.8 Å². The van der Waals surface area contributed by atoms with Crippen LogP contribution in [0.1, 0.15) is 55.2 Å². The highest BCUT2D eigenvalue weighted by Crippen LogP contribution is 2.37. The van der Waals surface area contributed by atoms with E-state index in [2.05, 4.69) is 91.0 Å². The predicted molar refractivity (Wildman–Crippen MR) is 161 cm³/mol. The molecule has 0 aromatic heterocycles. The van der Waals surface area contributed by atoms with E-state index in [1.165, 1.54) is 16.7 Å². The van der Waals surface area contributed by atoms with Crippen molar-refractivity contribution in [2.24, 2.45) is 0 Å². The first-order valence-electron chi connectivity index (χ1n) is 14.5. The second-order valence-electron chi connectivity index (χ2n) is 9.96. The Morgan fingerprint density at radius 2 is 0.692 bits per heavy atom. The zero-order chi connectivity index (χ0) is 26.8. The van der Waals surface area contributed by atoms with Crippen molar-refractivity contribution < 1.29 is 14.2 Å². The van der Waals surface area contributed by atoms with E-state index in [-0.39, 0.29) is 0 Å². The molecule has 3 heteroatoms. The van der Waals surface area contributed by atoms with Gasteiger partial charge in [0.1, 0.15) is 0 Å². The maximum atomic E-state index is 6.31. The van der Waals surface area contributed by atoms with Crippen molar-refractivity contribution in [3.63, 3.8) is 0 Å². The molecule has 0 unspecified atom stereocenters. The van der Waals surface area contributed by atoms with Gasteiger partial charge in [-0.05, 0) is 86.6 Å². The van der Waals surface area contributed by atoms with Crippen LogP contribution >= 0.6 is 0 Å². The molecule has 4 rings (SSSR count). The third kappa shape index (κ3) is 10.5. The summed E-state index contributed by atoms with van der Waals surface area (Å²) in [6.07, 6.45) is 9.45. The van der Waals surface area contributed by atoms with Crippen molar-refractivity contribution in [1.29, 1.82) is 0 Å². The standard InChI is InChI=1S/C36H42O3/c1-4-17-31(18-5-1)23-10-13-28-37-34-26-16-27-35(38-29-14-11-24-32-19-6-2-7-20-32)36(34)39-30-15-12-25-33-21-8-3-9-22-33/h1-9,16-22,26-27H,10-15,23-25,28-30H2. The lowest BCUT2D eigenvalue weighted by molar-refractivity contribution is 0.235. The van der Waals surface area contributed by atoms with Gasteiger partial charge in [0.25, 0.3) is 0 Å². The fraction of sp³-hybridized carbons (Fsp3) is 0.333. The third-order valence-corrected chi connectivity index (χ3v) is 6.81. The quantitative estimate of drug-likeness (QED) is 0.122. The topological polar surface area (TPSA) is 27.7 Å². The van der Waals surface area contributed by atoms with Crippen LogP contribution in [0.4, 0.5) is 0 Å². The summed E-state index contributed by atoms with van der Waals surface area (Å²) in [5.41, 5.74) is 4.12. The Morgan fingerprint density at radius 3 is 1.08 bits per heavy atom. The molecule has 0 N–H and O–H groups in total. The molecule has 0 heterocycles. The van der Waals surface area contributed by atoms with E-state index in [1.54, 1.807) is 0 Å². The summed E-state index contributed by atoms with van der Waals surface area (Å²) in [5.74, 6) is 2.29. The molecule has 0 saturated heterocycles. The van der Waals surface area contributed by atoms with Crippen molar-refractivity contribution in [3.8, 4) is 17.2 Å². The van der Waals surface area contributed by atoms with Gasteiger partial charge in [0, 0.05) is 0 Å². The number of para-hydroxylation sites is 1. The van der Waals surface area contributed by atoms with Crippen LogP contribution in [0, 0.1) is 0 Å². The number of benzene rings is 4. The second-order valence-corrected chi connectivity index (χ2v) is 9.96. The number of rotatable bonds is 18. The number of aryl methyl sites for hydroxylation is 3. The summed E-state index contributed by atoms with van der Waals surface area (Å²) >= 11 is 0. The Morgan fingerprint density at radius 1 is 0.333 bits per heavy atom. The molecular formula is C36H42O3. The largest absolute Gasteiger partial charge is 0.490 e. The van der Waals surface area contributed by atoms with Crippen molar-refractivity contribution in [3.05, 3.63) is 126 Å². The van der Waals surface area contributed by atoms with Gasteiger partial charge < -0.3 is 14.2 Å². The molecule has 4 aromatic rings. The van der Waals surface area contributed by atoms with E-state index < -0.39 is 0 Å². The summed E-state index contributed by atoms with van der Waals surface area (Å²) < 4.78 is 18.8. The zero-order valence-corrected chi connectivity index (χ0v) is 23.1. The molecular weight excluding hydrogens is 480 g/mol. The van der Waals surface area contributed by atoms with Crippen LogP contribution in [0.25, 0.3) is 0 Å². The van der Waals surface area contributed by atoms with Gasteiger partial charge in [-0.25, -0.2) is 0 Å². The van der Waals surface area contributed by atoms with Crippen molar-refractivity contribution in [1.82, 2.24) is 0 Å². The van der Waals surface area contributed by atoms with E-state index in [1.807, 2.05) is 18.2 Å². The molecule has 0 fully saturated rings. The van der Waals surface area contributed by atoms with Gasteiger partial charge in [-0.3, -0.25) is 0 Å². The first-order valence-corrected chi connectivity index (χ1v) is 14.5. The number of hydrogen-bond acceptors (Lipinski definition) is 3. The van der Waals surface area contributed by atoms with E-state index in [4.69, 9.17) is 14.2 Å². The summed E-state index contributed by atoms with van der Waals surface area (Å²) in [6, 6.07) is 37.9. The van der Waals surface area contributed by atoms with Crippen molar-refractivity contribution in [2.45, 2.75) is 57.8 Å². The molecule has 0 aliphatic carbocycles. The molecule has 4 aromatic carbocycles. The van der Waals surface area contributed by atoms with Gasteiger partial charge >= 0.3 is 0 Å². The highest BCUT2D eigenvalue weighted by atomic mass is 16.5. The predicted octanol–water partition coefficient (Wildman–Crippen LogP) is 8.89. The minimum absolute atomic E-state index is 0.644. The van der Waals surface area contributed by atoms with Crippen LogP contribution in [-0.4, -0.2) is 19.8 Å². The summed E-state index contributed by atoms with van der Waals surface area (Å²) in [4.78, 5) is 0. The van der Waals surface area contributed by atoms with Gasteiger partial charge in [-0.1, -0.05) is 97.1 Å². The van der Waals surface area contributed by atoms with Gasteiger partial charge in [0.2, 0.25) is 5.75 Å². The summed E-state index contributed by atoms with van der Waals surface area (Å²) in [5, 5.41) is 0. The number of unbranched alkanes of at least 4 members (excludes halogenated alkanes) is 3. The normalized spacial score (nSPS) is 10.8. The fourth-order valence-corrected chi connectivity index (χ4v) is 4.63.